The average molecular weight is 276 g/mol. The number of rotatable bonds is 3. The summed E-state index contributed by atoms with van der Waals surface area (Å²) < 4.78 is 0. The summed E-state index contributed by atoms with van der Waals surface area (Å²) >= 11 is 0. The molecule has 0 aromatic carbocycles. The van der Waals surface area contributed by atoms with Crippen molar-refractivity contribution in [2.24, 2.45) is 11.1 Å². The Morgan fingerprint density at radius 3 is 2.65 bits per heavy atom. The Hall–Kier alpha value is -1.62. The molecule has 2 rings (SSSR count). The second-order valence-electron chi connectivity index (χ2n) is 6.40. The number of nitrogens with two attached hydrogens (primary N) is 1. The van der Waals surface area contributed by atoms with Gasteiger partial charge in [-0.25, -0.2) is 4.98 Å². The molecule has 1 aromatic rings. The quantitative estimate of drug-likeness (QED) is 0.885. The molecule has 0 spiro atoms. The van der Waals surface area contributed by atoms with Crippen molar-refractivity contribution in [3.05, 3.63) is 18.3 Å². The highest BCUT2D eigenvalue weighted by molar-refractivity contribution is 5.97. The largest absolute Gasteiger partial charge is 0.355 e. The zero-order chi connectivity index (χ0) is 14.8. The molecule has 1 unspecified atom stereocenters. The van der Waals surface area contributed by atoms with Gasteiger partial charge in [0.05, 0.1) is 11.7 Å². The Kier molecular flexibility index (Phi) is 4.28. The van der Waals surface area contributed by atoms with E-state index in [0.717, 1.165) is 24.6 Å². The first kappa shape index (κ1) is 14.8. The lowest BCUT2D eigenvalue weighted by molar-refractivity contribution is -0.119. The van der Waals surface area contributed by atoms with Gasteiger partial charge in [-0.3, -0.25) is 4.79 Å². The van der Waals surface area contributed by atoms with E-state index in [9.17, 15) is 4.79 Å². The summed E-state index contributed by atoms with van der Waals surface area (Å²) in [7, 11) is 0. The molecule has 1 atom stereocenters. The molecule has 0 bridgehead atoms. The molecule has 1 fully saturated rings. The second-order valence-corrected chi connectivity index (χ2v) is 6.40. The number of nitrogens with one attached hydrogen (secondary N) is 1. The Morgan fingerprint density at radius 1 is 1.40 bits per heavy atom. The number of nitrogens with zero attached hydrogens (tertiary/aromatic N) is 2. The van der Waals surface area contributed by atoms with Crippen LogP contribution in [0.2, 0.25) is 0 Å². The number of carbonyl (C=O) groups excluding carboxylic acids is 1. The van der Waals surface area contributed by atoms with E-state index < -0.39 is 6.04 Å². The fraction of sp³-hybridized carbons (Fsp3) is 0.600. The molecular formula is C15H24N4O. The van der Waals surface area contributed by atoms with Crippen molar-refractivity contribution in [3.63, 3.8) is 0 Å². The van der Waals surface area contributed by atoms with Gasteiger partial charge in [0.15, 0.2) is 5.82 Å². The van der Waals surface area contributed by atoms with E-state index in [1.54, 1.807) is 6.20 Å². The van der Waals surface area contributed by atoms with E-state index in [1.165, 1.54) is 12.8 Å². The summed E-state index contributed by atoms with van der Waals surface area (Å²) in [5, 5.41) is 2.93. The van der Waals surface area contributed by atoms with Gasteiger partial charge in [0.2, 0.25) is 5.91 Å². The number of pyridine rings is 1. The molecule has 1 aromatic heterocycles. The molecule has 5 nitrogen and oxygen atoms in total. The molecule has 5 heteroatoms. The highest BCUT2D eigenvalue weighted by Gasteiger charge is 2.28. The van der Waals surface area contributed by atoms with Gasteiger partial charge in [0.1, 0.15) is 0 Å². The molecular weight excluding hydrogens is 252 g/mol. The summed E-state index contributed by atoms with van der Waals surface area (Å²) in [5.41, 5.74) is 6.48. The first-order chi connectivity index (χ1) is 9.39. The van der Waals surface area contributed by atoms with E-state index in [4.69, 9.17) is 5.73 Å². The number of aromatic nitrogens is 1. The fourth-order valence-corrected chi connectivity index (χ4v) is 2.28. The minimum Gasteiger partial charge on any atom is -0.355 e. The number of anilines is 2. The van der Waals surface area contributed by atoms with Crippen LogP contribution in [0.3, 0.4) is 0 Å². The van der Waals surface area contributed by atoms with Crippen molar-refractivity contribution < 1.29 is 4.79 Å². The van der Waals surface area contributed by atoms with Crippen molar-refractivity contribution in [3.8, 4) is 0 Å². The van der Waals surface area contributed by atoms with Gasteiger partial charge in [-0.05, 0) is 30.4 Å². The van der Waals surface area contributed by atoms with Gasteiger partial charge < -0.3 is 16.0 Å². The number of hydrogen-bond acceptors (Lipinski definition) is 4. The molecule has 1 aliphatic rings. The number of hydrogen-bond donors (Lipinski definition) is 2. The van der Waals surface area contributed by atoms with Gasteiger partial charge in [0.25, 0.3) is 0 Å². The minimum absolute atomic E-state index is 0.161. The first-order valence-electron chi connectivity index (χ1n) is 7.16. The first-order valence-corrected chi connectivity index (χ1v) is 7.16. The van der Waals surface area contributed by atoms with Crippen LogP contribution in [0.15, 0.2) is 18.3 Å². The maximum absolute atomic E-state index is 12.2. The lowest BCUT2D eigenvalue weighted by Gasteiger charge is -2.27. The van der Waals surface area contributed by atoms with E-state index in [1.807, 2.05) is 32.9 Å². The van der Waals surface area contributed by atoms with Gasteiger partial charge >= 0.3 is 0 Å². The van der Waals surface area contributed by atoms with Crippen LogP contribution in [0, 0.1) is 5.41 Å². The lowest BCUT2D eigenvalue weighted by atomic mass is 9.87. The predicted octanol–water partition coefficient (Wildman–Crippen LogP) is 1.99. The van der Waals surface area contributed by atoms with Crippen LogP contribution in [0.5, 0.6) is 0 Å². The fourth-order valence-electron chi connectivity index (χ4n) is 2.28. The molecule has 1 saturated heterocycles. The maximum atomic E-state index is 12.2. The van der Waals surface area contributed by atoms with Crippen LogP contribution < -0.4 is 16.0 Å². The summed E-state index contributed by atoms with van der Waals surface area (Å²) in [4.78, 5) is 18.9. The molecule has 0 saturated carbocycles. The normalized spacial score (nSPS) is 17.1. The summed E-state index contributed by atoms with van der Waals surface area (Å²) in [5.74, 6) is 0.686. The lowest BCUT2D eigenvalue weighted by Crippen LogP contribution is -2.45. The highest BCUT2D eigenvalue weighted by Crippen LogP contribution is 2.27. The third-order valence-electron chi connectivity index (χ3n) is 3.67. The average Bonchev–Trinajstić information content (AvgIpc) is 2.91. The number of amides is 1. The van der Waals surface area contributed by atoms with Gasteiger partial charge in [-0.2, -0.15) is 0 Å². The van der Waals surface area contributed by atoms with Crippen molar-refractivity contribution >= 4 is 17.4 Å². The van der Waals surface area contributed by atoms with Crippen LogP contribution in [0.4, 0.5) is 11.5 Å². The third kappa shape index (κ3) is 3.28. The molecule has 1 amide bonds. The standard InChI is InChI=1S/C15H24N4O/c1-15(2,3)12(16)14(20)18-11-7-6-8-17-13(11)19-9-4-5-10-19/h6-8,12H,4-5,9-10,16H2,1-3H3,(H,18,20). The van der Waals surface area contributed by atoms with Gasteiger partial charge in [0, 0.05) is 19.3 Å². The zero-order valence-electron chi connectivity index (χ0n) is 12.5. The molecule has 0 radical (unpaired) electrons. The Balaban J connectivity index is 2.15. The second kappa shape index (κ2) is 5.79. The molecule has 20 heavy (non-hydrogen) atoms. The highest BCUT2D eigenvalue weighted by atomic mass is 16.2. The Morgan fingerprint density at radius 2 is 2.05 bits per heavy atom. The molecule has 0 aliphatic carbocycles. The van der Waals surface area contributed by atoms with Crippen LogP contribution in [-0.2, 0) is 4.79 Å². The summed E-state index contributed by atoms with van der Waals surface area (Å²) in [6.45, 7) is 7.86. The number of carbonyl (C=O) groups is 1. The van der Waals surface area contributed by atoms with Crippen LogP contribution in [-0.4, -0.2) is 30.0 Å². The Bertz CT molecular complexity index is 475. The maximum Gasteiger partial charge on any atom is 0.241 e. The van der Waals surface area contributed by atoms with Gasteiger partial charge in [-0.1, -0.05) is 20.8 Å². The van der Waals surface area contributed by atoms with E-state index in [0.29, 0.717) is 0 Å². The van der Waals surface area contributed by atoms with Crippen molar-refractivity contribution in [2.75, 3.05) is 23.3 Å². The van der Waals surface area contributed by atoms with E-state index >= 15 is 0 Å². The zero-order valence-corrected chi connectivity index (χ0v) is 12.5. The van der Waals surface area contributed by atoms with E-state index in [2.05, 4.69) is 15.2 Å². The van der Waals surface area contributed by atoms with Crippen molar-refractivity contribution in [1.82, 2.24) is 4.98 Å². The molecule has 1 aliphatic heterocycles. The van der Waals surface area contributed by atoms with Crippen molar-refractivity contribution in [2.45, 2.75) is 39.7 Å². The van der Waals surface area contributed by atoms with Crippen LogP contribution >= 0.6 is 0 Å². The topological polar surface area (TPSA) is 71.2 Å². The summed E-state index contributed by atoms with van der Waals surface area (Å²) in [6, 6.07) is 3.17. The van der Waals surface area contributed by atoms with Crippen molar-refractivity contribution in [1.29, 1.82) is 0 Å². The van der Waals surface area contributed by atoms with Crippen LogP contribution in [0.1, 0.15) is 33.6 Å². The third-order valence-corrected chi connectivity index (χ3v) is 3.67. The van der Waals surface area contributed by atoms with Gasteiger partial charge in [-0.15, -0.1) is 0 Å². The molecule has 3 N–H and O–H groups in total. The van der Waals surface area contributed by atoms with E-state index in [-0.39, 0.29) is 11.3 Å². The predicted molar refractivity (Wildman–Crippen MR) is 81.7 cm³/mol. The molecule has 2 heterocycles. The smallest absolute Gasteiger partial charge is 0.241 e. The van der Waals surface area contributed by atoms with Crippen LogP contribution in [0.25, 0.3) is 0 Å². The minimum atomic E-state index is -0.547. The monoisotopic (exact) mass is 276 g/mol. The SMILES string of the molecule is CC(C)(C)C(N)C(=O)Nc1cccnc1N1CCCC1. The summed E-state index contributed by atoms with van der Waals surface area (Å²) in [6.07, 6.45) is 4.10. The Labute approximate surface area is 120 Å². The molecule has 110 valence electrons.